The highest BCUT2D eigenvalue weighted by molar-refractivity contribution is 5.72. The summed E-state index contributed by atoms with van der Waals surface area (Å²) in [5.41, 5.74) is -1.29. The summed E-state index contributed by atoms with van der Waals surface area (Å²) in [7, 11) is 1.45. The Labute approximate surface area is 243 Å². The van der Waals surface area contributed by atoms with E-state index in [2.05, 4.69) is 15.3 Å². The number of non-ortho nitro benzene ring substituents is 1. The van der Waals surface area contributed by atoms with Crippen molar-refractivity contribution in [3.05, 3.63) is 57.9 Å². The summed E-state index contributed by atoms with van der Waals surface area (Å²) in [5.74, 6) is -1.54. The number of nitro groups is 1. The van der Waals surface area contributed by atoms with Crippen LogP contribution >= 0.6 is 0 Å². The minimum Gasteiger partial charge on any atom is -0.474 e. The van der Waals surface area contributed by atoms with Gasteiger partial charge in [0.2, 0.25) is 5.88 Å². The molecule has 43 heavy (non-hydrogen) atoms. The van der Waals surface area contributed by atoms with E-state index in [4.69, 9.17) is 18.9 Å². The molecular weight excluding hydrogens is 579 g/mol. The third-order valence-electron chi connectivity index (χ3n) is 6.54. The molecule has 230 valence electrons. The number of benzene rings is 1. The highest BCUT2D eigenvalue weighted by atomic mass is 19.4. The van der Waals surface area contributed by atoms with Gasteiger partial charge in [-0.25, -0.2) is 14.5 Å². The van der Waals surface area contributed by atoms with Crippen molar-refractivity contribution in [2.45, 2.75) is 64.5 Å². The number of pyridine rings is 1. The van der Waals surface area contributed by atoms with Crippen molar-refractivity contribution in [1.82, 2.24) is 20.0 Å². The molecule has 4 rings (SSSR count). The molecule has 0 spiro atoms. The second-order valence-electron chi connectivity index (χ2n) is 10.1. The number of halogens is 3. The Bertz CT molecular complexity index is 1480. The van der Waals surface area contributed by atoms with Gasteiger partial charge in [-0.15, -0.1) is 5.10 Å². The lowest BCUT2D eigenvalue weighted by atomic mass is 9.87. The second kappa shape index (κ2) is 13.0. The van der Waals surface area contributed by atoms with Gasteiger partial charge < -0.3 is 18.9 Å². The molecule has 1 aliphatic carbocycles. The number of esters is 1. The fourth-order valence-electron chi connectivity index (χ4n) is 4.48. The molecule has 0 aliphatic heterocycles. The molecule has 2 heterocycles. The zero-order valence-corrected chi connectivity index (χ0v) is 23.4. The van der Waals surface area contributed by atoms with E-state index in [1.807, 2.05) is 0 Å². The molecule has 0 amide bonds. The summed E-state index contributed by atoms with van der Waals surface area (Å²) in [6.07, 6.45) is -4.04. The fourth-order valence-corrected chi connectivity index (χ4v) is 4.48. The van der Waals surface area contributed by atoms with Crippen LogP contribution in [0.4, 0.5) is 23.7 Å². The molecule has 2 aromatic heterocycles. The van der Waals surface area contributed by atoms with Crippen LogP contribution < -0.4 is 9.47 Å². The summed E-state index contributed by atoms with van der Waals surface area (Å²) < 4.78 is 64.6. The number of carbonyl (C=O) groups is 2. The van der Waals surface area contributed by atoms with Crippen molar-refractivity contribution in [2.24, 2.45) is 13.0 Å². The molecule has 3 aromatic rings. The number of nitro benzene ring substituents is 1. The number of aromatic nitrogens is 4. The summed E-state index contributed by atoms with van der Waals surface area (Å²) in [4.78, 5) is 38.6. The van der Waals surface area contributed by atoms with Gasteiger partial charge in [0.25, 0.3) is 5.69 Å². The Hall–Kier alpha value is -4.76. The fraction of sp³-hybridized carbons (Fsp3) is 0.444. The van der Waals surface area contributed by atoms with E-state index in [-0.39, 0.29) is 40.9 Å². The average Bonchev–Trinajstić information content (AvgIpc) is 3.31. The maximum Gasteiger partial charge on any atom is 0.514 e. The molecule has 0 radical (unpaired) electrons. The van der Waals surface area contributed by atoms with Gasteiger partial charge in [0.1, 0.15) is 35.4 Å². The van der Waals surface area contributed by atoms with E-state index < -0.39 is 53.3 Å². The number of hydrogen-bond acceptors (Lipinski definition) is 11. The number of hydrogen-bond donors (Lipinski definition) is 0. The Morgan fingerprint density at radius 2 is 1.91 bits per heavy atom. The standard InChI is InChI=1S/C27H28F3N5O8/c1-15(2)41-25(36)16-5-4-6-20(11-16)42-24-21(27(28,29)30)12-17(13-31-24)23-22(34(3)33-32-23)14-40-26(37)43-19-9-7-18(8-10-19)35(38)39/h7-10,12-13,15-16,20H,4-6,11,14H2,1-3H3/t16-,20-/m0/s1. The number of nitrogens with zero attached hydrogens (tertiary/aromatic N) is 5. The number of carbonyl (C=O) groups excluding carboxylic acids is 2. The summed E-state index contributed by atoms with van der Waals surface area (Å²) in [6.45, 7) is 2.97. The lowest BCUT2D eigenvalue weighted by Gasteiger charge is -2.29. The Morgan fingerprint density at radius 3 is 2.56 bits per heavy atom. The van der Waals surface area contributed by atoms with Crippen LogP contribution in [-0.2, 0) is 34.1 Å². The zero-order valence-electron chi connectivity index (χ0n) is 23.4. The lowest BCUT2D eigenvalue weighted by Crippen LogP contribution is -2.32. The molecule has 1 aliphatic rings. The van der Waals surface area contributed by atoms with Crippen LogP contribution in [-0.4, -0.2) is 49.2 Å². The average molecular weight is 608 g/mol. The van der Waals surface area contributed by atoms with E-state index in [1.54, 1.807) is 13.8 Å². The third-order valence-corrected chi connectivity index (χ3v) is 6.54. The van der Waals surface area contributed by atoms with Gasteiger partial charge in [-0.05, 0) is 57.7 Å². The van der Waals surface area contributed by atoms with Gasteiger partial charge in [-0.2, -0.15) is 13.2 Å². The van der Waals surface area contributed by atoms with E-state index in [0.29, 0.717) is 19.3 Å². The zero-order chi connectivity index (χ0) is 31.3. The minimum atomic E-state index is -4.84. The maximum absolute atomic E-state index is 14.1. The second-order valence-corrected chi connectivity index (χ2v) is 10.1. The Kier molecular flexibility index (Phi) is 9.46. The Morgan fingerprint density at radius 1 is 1.19 bits per heavy atom. The lowest BCUT2D eigenvalue weighted by molar-refractivity contribution is -0.384. The first-order valence-electron chi connectivity index (χ1n) is 13.2. The number of aryl methyl sites for hydroxylation is 1. The maximum atomic E-state index is 14.1. The monoisotopic (exact) mass is 607 g/mol. The molecule has 0 unspecified atom stereocenters. The third kappa shape index (κ3) is 7.96. The van der Waals surface area contributed by atoms with Gasteiger partial charge in [0, 0.05) is 30.9 Å². The normalized spacial score (nSPS) is 16.9. The summed E-state index contributed by atoms with van der Waals surface area (Å²) in [5, 5.41) is 18.5. The van der Waals surface area contributed by atoms with Crippen molar-refractivity contribution in [1.29, 1.82) is 0 Å². The first-order chi connectivity index (χ1) is 20.3. The van der Waals surface area contributed by atoms with E-state index >= 15 is 0 Å². The van der Waals surface area contributed by atoms with Crippen LogP contribution in [0.15, 0.2) is 36.5 Å². The first-order valence-corrected chi connectivity index (χ1v) is 13.2. The topological polar surface area (TPSA) is 158 Å². The molecule has 1 saturated carbocycles. The molecule has 0 saturated heterocycles. The molecule has 0 bridgehead atoms. The van der Waals surface area contributed by atoms with Gasteiger partial charge >= 0.3 is 18.3 Å². The van der Waals surface area contributed by atoms with E-state index in [0.717, 1.165) is 24.4 Å². The molecule has 1 fully saturated rings. The molecule has 13 nitrogen and oxygen atoms in total. The van der Waals surface area contributed by atoms with Crippen molar-refractivity contribution >= 4 is 17.8 Å². The van der Waals surface area contributed by atoms with Crippen LogP contribution in [0, 0.1) is 16.0 Å². The van der Waals surface area contributed by atoms with Crippen LogP contribution in [0.2, 0.25) is 0 Å². The van der Waals surface area contributed by atoms with Crippen molar-refractivity contribution in [2.75, 3.05) is 0 Å². The van der Waals surface area contributed by atoms with Crippen LogP contribution in [0.25, 0.3) is 11.3 Å². The molecular formula is C27H28F3N5O8. The van der Waals surface area contributed by atoms with Gasteiger partial charge in [0.15, 0.2) is 0 Å². The first kappa shape index (κ1) is 31.2. The summed E-state index contributed by atoms with van der Waals surface area (Å²) >= 11 is 0. The summed E-state index contributed by atoms with van der Waals surface area (Å²) in [6, 6.07) is 5.50. The van der Waals surface area contributed by atoms with Crippen LogP contribution in [0.3, 0.4) is 0 Å². The number of alkyl halides is 3. The SMILES string of the molecule is CC(C)OC(=O)[C@H]1CCC[C@H](Oc2ncc(-c3nnn(C)c3COC(=O)Oc3ccc([N+](=O)[O-])cc3)cc2C(F)(F)F)C1. The van der Waals surface area contributed by atoms with Crippen molar-refractivity contribution in [3.8, 4) is 22.9 Å². The van der Waals surface area contributed by atoms with E-state index in [1.165, 1.54) is 23.9 Å². The predicted molar refractivity (Wildman–Crippen MR) is 141 cm³/mol. The molecule has 16 heteroatoms. The highest BCUT2D eigenvalue weighted by Crippen LogP contribution is 2.39. The largest absolute Gasteiger partial charge is 0.514 e. The number of ether oxygens (including phenoxy) is 4. The quantitative estimate of drug-likeness (QED) is 0.133. The smallest absolute Gasteiger partial charge is 0.474 e. The molecule has 2 atom stereocenters. The highest BCUT2D eigenvalue weighted by Gasteiger charge is 2.38. The van der Waals surface area contributed by atoms with Gasteiger partial charge in [-0.1, -0.05) is 5.21 Å². The molecule has 0 N–H and O–H groups in total. The minimum absolute atomic E-state index is 0.0188. The van der Waals surface area contributed by atoms with Crippen molar-refractivity contribution in [3.63, 3.8) is 0 Å². The van der Waals surface area contributed by atoms with Gasteiger partial charge in [-0.3, -0.25) is 14.9 Å². The van der Waals surface area contributed by atoms with Crippen LogP contribution in [0.1, 0.15) is 50.8 Å². The predicted octanol–water partition coefficient (Wildman–Crippen LogP) is 5.41. The van der Waals surface area contributed by atoms with E-state index in [9.17, 15) is 32.9 Å². The van der Waals surface area contributed by atoms with Gasteiger partial charge in [0.05, 0.1) is 16.9 Å². The Balaban J connectivity index is 1.48. The van der Waals surface area contributed by atoms with Crippen LogP contribution in [0.5, 0.6) is 11.6 Å². The molecule has 1 aromatic carbocycles. The van der Waals surface area contributed by atoms with Crippen molar-refractivity contribution < 1.29 is 46.6 Å². The number of rotatable bonds is 9.